The Morgan fingerprint density at radius 2 is 2.29 bits per heavy atom. The minimum absolute atomic E-state index is 0.254. The molecule has 0 heterocycles. The highest BCUT2D eigenvalue weighted by molar-refractivity contribution is 6.59. The van der Waals surface area contributed by atoms with Crippen LogP contribution in [0.25, 0.3) is 0 Å². The van der Waals surface area contributed by atoms with E-state index >= 15 is 0 Å². The van der Waals surface area contributed by atoms with E-state index in [0.717, 1.165) is 18.4 Å². The summed E-state index contributed by atoms with van der Waals surface area (Å²) in [6.07, 6.45) is 9.95. The van der Waals surface area contributed by atoms with Gasteiger partial charge in [0, 0.05) is 6.92 Å². The Bertz CT molecular complexity index is 408. The molecule has 0 aromatic carbocycles. The van der Waals surface area contributed by atoms with Crippen molar-refractivity contribution in [2.24, 2.45) is 0 Å². The van der Waals surface area contributed by atoms with Crippen molar-refractivity contribution in [3.8, 4) is 0 Å². The van der Waals surface area contributed by atoms with Crippen molar-refractivity contribution in [1.82, 2.24) is 5.23 Å². The molecular formula is C13H18BNO2. The van der Waals surface area contributed by atoms with Gasteiger partial charge in [-0.05, 0) is 30.9 Å². The van der Waals surface area contributed by atoms with Gasteiger partial charge in [0.25, 0.3) is 0 Å². The lowest BCUT2D eigenvalue weighted by molar-refractivity contribution is -0.117. The lowest BCUT2D eigenvalue weighted by Gasteiger charge is -2.11. The minimum atomic E-state index is -0.941. The van der Waals surface area contributed by atoms with Gasteiger partial charge < -0.3 is 10.3 Å². The molecule has 90 valence electrons. The Morgan fingerprint density at radius 1 is 1.59 bits per heavy atom. The predicted octanol–water partition coefficient (Wildman–Crippen LogP) is 1.92. The molecule has 4 heteroatoms. The smallest absolute Gasteiger partial charge is 0.429 e. The van der Waals surface area contributed by atoms with Crippen molar-refractivity contribution in [2.45, 2.75) is 26.7 Å². The monoisotopic (exact) mass is 231 g/mol. The molecule has 1 aliphatic rings. The topological polar surface area (TPSA) is 49.3 Å². The second-order valence-corrected chi connectivity index (χ2v) is 4.18. The average Bonchev–Trinajstić information content (AvgIpc) is 2.29. The van der Waals surface area contributed by atoms with E-state index in [1.54, 1.807) is 6.92 Å². The van der Waals surface area contributed by atoms with Crippen LogP contribution in [-0.4, -0.2) is 18.0 Å². The molecule has 0 spiro atoms. The van der Waals surface area contributed by atoms with E-state index < -0.39 is 7.05 Å². The normalized spacial score (nSPS) is 15.2. The quantitative estimate of drug-likeness (QED) is 0.573. The van der Waals surface area contributed by atoms with Gasteiger partial charge in [0.2, 0.25) is 5.91 Å². The van der Waals surface area contributed by atoms with E-state index in [1.165, 1.54) is 12.5 Å². The SMILES string of the molecule is C=C(/C=C(\C)B(O)NC(C)=O)C1=CC=CCC1. The number of carbonyl (C=O) groups excluding carboxylic acids is 1. The third-order valence-corrected chi connectivity index (χ3v) is 2.60. The maximum absolute atomic E-state index is 10.8. The van der Waals surface area contributed by atoms with Crippen LogP contribution in [-0.2, 0) is 4.79 Å². The first kappa shape index (κ1) is 13.5. The third kappa shape index (κ3) is 4.45. The number of rotatable bonds is 4. The van der Waals surface area contributed by atoms with E-state index in [4.69, 9.17) is 0 Å². The number of hydrogen-bond donors (Lipinski definition) is 2. The van der Waals surface area contributed by atoms with Gasteiger partial charge in [0.1, 0.15) is 0 Å². The molecule has 0 aromatic heterocycles. The van der Waals surface area contributed by atoms with Crippen LogP contribution >= 0.6 is 0 Å². The van der Waals surface area contributed by atoms with Crippen molar-refractivity contribution < 1.29 is 9.82 Å². The lowest BCUT2D eigenvalue weighted by atomic mass is 9.73. The van der Waals surface area contributed by atoms with Crippen molar-refractivity contribution in [2.75, 3.05) is 0 Å². The Hall–Kier alpha value is -1.55. The highest BCUT2D eigenvalue weighted by atomic mass is 16.2. The van der Waals surface area contributed by atoms with Gasteiger partial charge in [-0.2, -0.15) is 0 Å². The highest BCUT2D eigenvalue weighted by Crippen LogP contribution is 2.20. The van der Waals surface area contributed by atoms with Crippen molar-refractivity contribution in [1.29, 1.82) is 0 Å². The van der Waals surface area contributed by atoms with Gasteiger partial charge >= 0.3 is 7.05 Å². The molecular weight excluding hydrogens is 213 g/mol. The Kier molecular flexibility index (Phi) is 4.97. The van der Waals surface area contributed by atoms with E-state index in [-0.39, 0.29) is 5.91 Å². The minimum Gasteiger partial charge on any atom is -0.429 e. The summed E-state index contributed by atoms with van der Waals surface area (Å²) in [5, 5.41) is 12.1. The average molecular weight is 231 g/mol. The van der Waals surface area contributed by atoms with Crippen molar-refractivity contribution in [3.63, 3.8) is 0 Å². The summed E-state index contributed by atoms with van der Waals surface area (Å²) in [7, 11) is -0.941. The molecule has 0 saturated heterocycles. The van der Waals surface area contributed by atoms with E-state index in [2.05, 4.69) is 17.9 Å². The first-order valence-corrected chi connectivity index (χ1v) is 5.69. The van der Waals surface area contributed by atoms with Crippen LogP contribution in [0.1, 0.15) is 26.7 Å². The number of allylic oxidation sites excluding steroid dienone is 7. The standard InChI is InChI=1S/C13H18BNO2/c1-10(13-7-5-4-6-8-13)9-11(2)14(17)15-12(3)16/h4-5,7,9,17H,1,6,8H2,2-3H3,(H,15,16)/b11-9+. The van der Waals surface area contributed by atoms with Gasteiger partial charge in [0.05, 0.1) is 0 Å². The van der Waals surface area contributed by atoms with Gasteiger partial charge in [0.15, 0.2) is 0 Å². The molecule has 0 aliphatic heterocycles. The number of amides is 1. The molecule has 0 saturated carbocycles. The fourth-order valence-electron chi connectivity index (χ4n) is 1.62. The van der Waals surface area contributed by atoms with E-state index in [1.807, 2.05) is 18.2 Å². The Labute approximate surface area is 103 Å². The zero-order valence-corrected chi connectivity index (χ0v) is 10.4. The molecule has 0 unspecified atom stereocenters. The number of hydrogen-bond acceptors (Lipinski definition) is 2. The molecule has 1 aliphatic carbocycles. The molecule has 0 bridgehead atoms. The van der Waals surface area contributed by atoms with Crippen LogP contribution < -0.4 is 5.23 Å². The summed E-state index contributed by atoms with van der Waals surface area (Å²) in [5.74, 6) is -0.254. The molecule has 0 aromatic rings. The van der Waals surface area contributed by atoms with Crippen LogP contribution in [0.5, 0.6) is 0 Å². The molecule has 17 heavy (non-hydrogen) atoms. The number of nitrogens with one attached hydrogen (secondary N) is 1. The maximum Gasteiger partial charge on any atom is 0.444 e. The zero-order valence-electron chi connectivity index (χ0n) is 10.4. The van der Waals surface area contributed by atoms with Gasteiger partial charge in [-0.3, -0.25) is 4.79 Å². The molecule has 2 N–H and O–H groups in total. The van der Waals surface area contributed by atoms with Crippen molar-refractivity contribution in [3.05, 3.63) is 47.5 Å². The predicted molar refractivity (Wildman–Crippen MR) is 71.1 cm³/mol. The first-order chi connectivity index (χ1) is 8.00. The molecule has 0 radical (unpaired) electrons. The summed E-state index contributed by atoms with van der Waals surface area (Å²) in [6, 6.07) is 0. The van der Waals surface area contributed by atoms with E-state index in [9.17, 15) is 9.82 Å². The van der Waals surface area contributed by atoms with Crippen LogP contribution in [0, 0.1) is 0 Å². The molecule has 0 fully saturated rings. The summed E-state index contributed by atoms with van der Waals surface area (Å²) in [4.78, 5) is 10.8. The molecule has 1 rings (SSSR count). The van der Waals surface area contributed by atoms with Crippen LogP contribution in [0.15, 0.2) is 47.5 Å². The Morgan fingerprint density at radius 3 is 2.82 bits per heavy atom. The van der Waals surface area contributed by atoms with Crippen molar-refractivity contribution >= 4 is 13.0 Å². The Balaban J connectivity index is 2.67. The van der Waals surface area contributed by atoms with Crippen LogP contribution in [0.4, 0.5) is 0 Å². The third-order valence-electron chi connectivity index (χ3n) is 2.60. The second-order valence-electron chi connectivity index (χ2n) is 4.18. The second kappa shape index (κ2) is 6.25. The number of carbonyl (C=O) groups is 1. The zero-order chi connectivity index (χ0) is 12.8. The molecule has 3 nitrogen and oxygen atoms in total. The fourth-order valence-corrected chi connectivity index (χ4v) is 1.62. The molecule has 0 atom stereocenters. The summed E-state index contributed by atoms with van der Waals surface area (Å²) < 4.78 is 0. The summed E-state index contributed by atoms with van der Waals surface area (Å²) in [5.41, 5.74) is 2.73. The van der Waals surface area contributed by atoms with Gasteiger partial charge in [-0.15, -0.1) is 0 Å². The fraction of sp³-hybridized carbons (Fsp3) is 0.308. The lowest BCUT2D eigenvalue weighted by Crippen LogP contribution is -2.38. The van der Waals surface area contributed by atoms with Crippen LogP contribution in [0.2, 0.25) is 0 Å². The largest absolute Gasteiger partial charge is 0.444 e. The van der Waals surface area contributed by atoms with E-state index in [0.29, 0.717) is 5.47 Å². The maximum atomic E-state index is 10.8. The van der Waals surface area contributed by atoms with Crippen LogP contribution in [0.3, 0.4) is 0 Å². The molecule has 1 amide bonds. The highest BCUT2D eigenvalue weighted by Gasteiger charge is 2.15. The van der Waals surface area contributed by atoms with Gasteiger partial charge in [-0.25, -0.2) is 0 Å². The first-order valence-electron chi connectivity index (χ1n) is 5.69. The summed E-state index contributed by atoms with van der Waals surface area (Å²) >= 11 is 0. The van der Waals surface area contributed by atoms with Gasteiger partial charge in [-0.1, -0.05) is 36.4 Å². The summed E-state index contributed by atoms with van der Waals surface area (Å²) in [6.45, 7) is 7.12.